The average molecular weight is 304 g/mol. The van der Waals surface area contributed by atoms with Crippen molar-refractivity contribution >= 4 is 17.1 Å². The molecule has 4 nitrogen and oxygen atoms in total. The van der Waals surface area contributed by atoms with E-state index in [2.05, 4.69) is 15.0 Å². The Bertz CT molecular complexity index is 740. The van der Waals surface area contributed by atoms with E-state index in [4.69, 9.17) is 4.42 Å². The molecule has 0 bridgehead atoms. The van der Waals surface area contributed by atoms with Crippen LogP contribution in [0.5, 0.6) is 5.75 Å². The summed E-state index contributed by atoms with van der Waals surface area (Å²) in [4.78, 5) is 4.30. The minimum atomic E-state index is -2.86. The maximum absolute atomic E-state index is 12.5. The van der Waals surface area contributed by atoms with Gasteiger partial charge in [0.05, 0.1) is 6.04 Å². The van der Waals surface area contributed by atoms with Crippen molar-refractivity contribution in [1.29, 1.82) is 0 Å². The van der Waals surface area contributed by atoms with Crippen molar-refractivity contribution in [2.75, 3.05) is 5.32 Å². The summed E-state index contributed by atoms with van der Waals surface area (Å²) >= 11 is 0. The van der Waals surface area contributed by atoms with Gasteiger partial charge >= 0.3 is 6.61 Å². The number of nitrogens with one attached hydrogen (secondary N) is 1. The summed E-state index contributed by atoms with van der Waals surface area (Å²) in [6.07, 6.45) is 0. The molecule has 114 valence electrons. The predicted octanol–water partition coefficient (Wildman–Crippen LogP) is 4.60. The SMILES string of the molecule is C[C@H](Nc1nc2ccccc2o1)c1ccccc1OC(F)F. The molecule has 6 heteroatoms. The van der Waals surface area contributed by atoms with Crippen molar-refractivity contribution in [3.05, 3.63) is 54.1 Å². The van der Waals surface area contributed by atoms with Gasteiger partial charge in [-0.2, -0.15) is 13.8 Å². The summed E-state index contributed by atoms with van der Waals surface area (Å²) in [5, 5.41) is 3.06. The van der Waals surface area contributed by atoms with Gasteiger partial charge in [0, 0.05) is 5.56 Å². The van der Waals surface area contributed by atoms with Crippen molar-refractivity contribution in [1.82, 2.24) is 4.98 Å². The zero-order valence-corrected chi connectivity index (χ0v) is 11.8. The molecule has 2 aromatic carbocycles. The number of aromatic nitrogens is 1. The van der Waals surface area contributed by atoms with Gasteiger partial charge in [0.25, 0.3) is 6.01 Å². The maximum atomic E-state index is 12.5. The Hall–Kier alpha value is -2.63. The molecule has 3 rings (SSSR count). The van der Waals surface area contributed by atoms with E-state index >= 15 is 0 Å². The quantitative estimate of drug-likeness (QED) is 0.748. The lowest BCUT2D eigenvalue weighted by Crippen LogP contribution is -2.11. The normalized spacial score (nSPS) is 12.5. The molecule has 0 fully saturated rings. The molecule has 1 N–H and O–H groups in total. The number of oxazole rings is 1. The largest absolute Gasteiger partial charge is 0.434 e. The summed E-state index contributed by atoms with van der Waals surface area (Å²) in [7, 11) is 0. The number of para-hydroxylation sites is 3. The van der Waals surface area contributed by atoms with Gasteiger partial charge in [0.15, 0.2) is 5.58 Å². The Labute approximate surface area is 125 Å². The molecule has 0 aliphatic rings. The standard InChI is InChI=1S/C16H14F2N2O2/c1-10(11-6-2-4-8-13(11)21-15(17)18)19-16-20-12-7-3-5-9-14(12)22-16/h2-10,15H,1H3,(H,19,20)/t10-/m0/s1. The van der Waals surface area contributed by atoms with E-state index in [1.54, 1.807) is 18.2 Å². The first-order chi connectivity index (χ1) is 10.6. The zero-order chi connectivity index (χ0) is 15.5. The summed E-state index contributed by atoms with van der Waals surface area (Å²) < 4.78 is 35.0. The van der Waals surface area contributed by atoms with E-state index in [-0.39, 0.29) is 11.8 Å². The first-order valence-electron chi connectivity index (χ1n) is 6.79. The van der Waals surface area contributed by atoms with E-state index in [0.717, 1.165) is 5.52 Å². The number of ether oxygens (including phenoxy) is 1. The molecule has 0 radical (unpaired) electrons. The molecule has 1 atom stereocenters. The lowest BCUT2D eigenvalue weighted by molar-refractivity contribution is -0.0505. The van der Waals surface area contributed by atoms with Crippen LogP contribution in [0.3, 0.4) is 0 Å². The maximum Gasteiger partial charge on any atom is 0.387 e. The number of anilines is 1. The molecular formula is C16H14F2N2O2. The molecule has 0 saturated carbocycles. The van der Waals surface area contributed by atoms with Crippen molar-refractivity contribution in [3.8, 4) is 5.75 Å². The smallest absolute Gasteiger partial charge is 0.387 e. The fourth-order valence-electron chi connectivity index (χ4n) is 2.24. The summed E-state index contributed by atoms with van der Waals surface area (Å²) in [5.74, 6) is 0.133. The number of fused-ring (bicyclic) bond motifs is 1. The van der Waals surface area contributed by atoms with Crippen molar-refractivity contribution in [2.45, 2.75) is 19.6 Å². The molecular weight excluding hydrogens is 290 g/mol. The minimum absolute atomic E-state index is 0.133. The average Bonchev–Trinajstić information content (AvgIpc) is 2.89. The van der Waals surface area contributed by atoms with E-state index in [1.165, 1.54) is 6.07 Å². The first-order valence-corrected chi connectivity index (χ1v) is 6.79. The van der Waals surface area contributed by atoms with Gasteiger partial charge < -0.3 is 14.5 Å². The highest BCUT2D eigenvalue weighted by molar-refractivity contribution is 5.74. The van der Waals surface area contributed by atoms with Gasteiger partial charge in [-0.15, -0.1) is 0 Å². The van der Waals surface area contributed by atoms with E-state index < -0.39 is 6.61 Å². The van der Waals surface area contributed by atoms with Crippen molar-refractivity contribution < 1.29 is 17.9 Å². The van der Waals surface area contributed by atoms with Crippen LogP contribution < -0.4 is 10.1 Å². The Morgan fingerprint density at radius 3 is 2.59 bits per heavy atom. The van der Waals surface area contributed by atoms with Crippen molar-refractivity contribution in [2.24, 2.45) is 0 Å². The second kappa shape index (κ2) is 6.01. The van der Waals surface area contributed by atoms with Gasteiger partial charge in [-0.25, -0.2) is 0 Å². The number of alkyl halides is 2. The monoisotopic (exact) mass is 304 g/mol. The van der Waals surface area contributed by atoms with Gasteiger partial charge in [0.1, 0.15) is 11.3 Å². The molecule has 1 heterocycles. The van der Waals surface area contributed by atoms with E-state index in [9.17, 15) is 8.78 Å². The van der Waals surface area contributed by atoms with Gasteiger partial charge in [-0.05, 0) is 25.1 Å². The second-order valence-corrected chi connectivity index (χ2v) is 4.77. The number of benzene rings is 2. The van der Waals surface area contributed by atoms with Crippen LogP contribution in [0.25, 0.3) is 11.1 Å². The Kier molecular flexibility index (Phi) is 3.91. The van der Waals surface area contributed by atoms with E-state index in [1.807, 2.05) is 31.2 Å². The van der Waals surface area contributed by atoms with Crippen LogP contribution in [0.2, 0.25) is 0 Å². The fraction of sp³-hybridized carbons (Fsp3) is 0.188. The third-order valence-electron chi connectivity index (χ3n) is 3.24. The summed E-state index contributed by atoms with van der Waals surface area (Å²) in [6.45, 7) is -1.04. The van der Waals surface area contributed by atoms with Crippen molar-refractivity contribution in [3.63, 3.8) is 0 Å². The number of hydrogen-bond acceptors (Lipinski definition) is 4. The molecule has 0 amide bonds. The van der Waals surface area contributed by atoms with Crippen LogP contribution in [-0.4, -0.2) is 11.6 Å². The second-order valence-electron chi connectivity index (χ2n) is 4.77. The Morgan fingerprint density at radius 2 is 1.82 bits per heavy atom. The minimum Gasteiger partial charge on any atom is -0.434 e. The van der Waals surface area contributed by atoms with Crippen LogP contribution in [0.15, 0.2) is 52.9 Å². The highest BCUT2D eigenvalue weighted by Gasteiger charge is 2.16. The first kappa shape index (κ1) is 14.3. The number of nitrogens with zero attached hydrogens (tertiary/aromatic N) is 1. The molecule has 22 heavy (non-hydrogen) atoms. The van der Waals surface area contributed by atoms with Crippen LogP contribution in [0.1, 0.15) is 18.5 Å². The zero-order valence-electron chi connectivity index (χ0n) is 11.8. The third kappa shape index (κ3) is 3.00. The van der Waals surface area contributed by atoms with Crippen LogP contribution in [0.4, 0.5) is 14.8 Å². The van der Waals surface area contributed by atoms with Gasteiger partial charge in [-0.1, -0.05) is 30.3 Å². The molecule has 0 spiro atoms. The van der Waals surface area contributed by atoms with E-state index in [0.29, 0.717) is 17.2 Å². The topological polar surface area (TPSA) is 47.3 Å². The lowest BCUT2D eigenvalue weighted by atomic mass is 10.1. The molecule has 1 aromatic heterocycles. The van der Waals surface area contributed by atoms with Gasteiger partial charge in [-0.3, -0.25) is 0 Å². The lowest BCUT2D eigenvalue weighted by Gasteiger charge is -2.16. The summed E-state index contributed by atoms with van der Waals surface area (Å²) in [5.41, 5.74) is 1.99. The fourth-order valence-corrected chi connectivity index (χ4v) is 2.24. The predicted molar refractivity (Wildman–Crippen MR) is 79.1 cm³/mol. The van der Waals surface area contributed by atoms with Crippen LogP contribution >= 0.6 is 0 Å². The highest BCUT2D eigenvalue weighted by atomic mass is 19.3. The number of rotatable bonds is 5. The Morgan fingerprint density at radius 1 is 1.09 bits per heavy atom. The van der Waals surface area contributed by atoms with Crippen LogP contribution in [0, 0.1) is 0 Å². The number of halogens is 2. The van der Waals surface area contributed by atoms with Crippen LogP contribution in [-0.2, 0) is 0 Å². The molecule has 0 unspecified atom stereocenters. The molecule has 0 aliphatic carbocycles. The molecule has 0 saturated heterocycles. The highest BCUT2D eigenvalue weighted by Crippen LogP contribution is 2.29. The molecule has 0 aliphatic heterocycles. The summed E-state index contributed by atoms with van der Waals surface area (Å²) in [6, 6.07) is 14.0. The van der Waals surface area contributed by atoms with Gasteiger partial charge in [0.2, 0.25) is 0 Å². The number of hydrogen-bond donors (Lipinski definition) is 1. The Balaban J connectivity index is 1.83. The molecule has 3 aromatic rings. The third-order valence-corrected chi connectivity index (χ3v) is 3.24.